The average Bonchev–Trinajstić information content (AvgIpc) is 2.90. The van der Waals surface area contributed by atoms with Gasteiger partial charge in [-0.15, -0.1) is 11.3 Å². The molecule has 0 bridgehead atoms. The predicted octanol–water partition coefficient (Wildman–Crippen LogP) is 5.19. The van der Waals surface area contributed by atoms with Crippen molar-refractivity contribution in [1.29, 1.82) is 0 Å². The van der Waals surface area contributed by atoms with Crippen molar-refractivity contribution >= 4 is 33.7 Å². The lowest BCUT2D eigenvalue weighted by atomic mass is 10.1. The Balaban J connectivity index is 1.89. The van der Waals surface area contributed by atoms with Gasteiger partial charge in [0.1, 0.15) is 5.01 Å². The Morgan fingerprint density at radius 3 is 2.70 bits per heavy atom. The topological polar surface area (TPSA) is 42.4 Å². The summed E-state index contributed by atoms with van der Waals surface area (Å²) in [6.07, 6.45) is 3.98. The summed E-state index contributed by atoms with van der Waals surface area (Å²) < 4.78 is 6.61. The summed E-state index contributed by atoms with van der Waals surface area (Å²) in [5.74, 6) is 0.667. The number of rotatable bonds is 4. The van der Waals surface area contributed by atoms with E-state index in [1.807, 2.05) is 31.2 Å². The lowest BCUT2D eigenvalue weighted by Gasteiger charge is -2.05. The molecule has 1 heterocycles. The summed E-state index contributed by atoms with van der Waals surface area (Å²) in [7, 11) is 0. The number of aromatic nitrogens is 1. The van der Waals surface area contributed by atoms with Crippen molar-refractivity contribution in [3.63, 3.8) is 0 Å². The van der Waals surface area contributed by atoms with Gasteiger partial charge < -0.3 is 9.84 Å². The fraction of sp³-hybridized carbons (Fsp3) is 0.211. The number of hydrogen-bond acceptors (Lipinski definition) is 4. The molecule has 4 heteroatoms. The van der Waals surface area contributed by atoms with Crippen LogP contribution in [0.2, 0.25) is 0 Å². The van der Waals surface area contributed by atoms with Gasteiger partial charge in [-0.3, -0.25) is 0 Å². The van der Waals surface area contributed by atoms with Crippen LogP contribution in [0.3, 0.4) is 0 Å². The van der Waals surface area contributed by atoms with Crippen molar-refractivity contribution in [2.75, 3.05) is 6.61 Å². The zero-order chi connectivity index (χ0) is 16.4. The fourth-order valence-electron chi connectivity index (χ4n) is 2.34. The summed E-state index contributed by atoms with van der Waals surface area (Å²) in [6, 6.07) is 9.66. The van der Waals surface area contributed by atoms with Crippen molar-refractivity contribution < 1.29 is 9.84 Å². The average molecular weight is 325 g/mol. The van der Waals surface area contributed by atoms with Crippen molar-refractivity contribution in [2.24, 2.45) is 0 Å². The highest BCUT2D eigenvalue weighted by atomic mass is 32.1. The molecule has 0 saturated heterocycles. The summed E-state index contributed by atoms with van der Waals surface area (Å²) in [4.78, 5) is 4.66. The normalized spacial score (nSPS) is 11.4. The summed E-state index contributed by atoms with van der Waals surface area (Å²) in [6.45, 7) is 6.65. The van der Waals surface area contributed by atoms with E-state index in [1.165, 1.54) is 15.8 Å². The zero-order valence-corrected chi connectivity index (χ0v) is 14.3. The number of benzene rings is 2. The number of hydrogen-bond donors (Lipinski definition) is 1. The minimum atomic E-state index is 0.162. The molecule has 0 radical (unpaired) electrons. The number of nitrogens with zero attached hydrogens (tertiary/aromatic N) is 1. The Morgan fingerprint density at radius 2 is 1.91 bits per heavy atom. The largest absolute Gasteiger partial charge is 0.504 e. The summed E-state index contributed by atoms with van der Waals surface area (Å²) in [5, 5.41) is 10.7. The highest BCUT2D eigenvalue weighted by Gasteiger charge is 2.05. The minimum absolute atomic E-state index is 0.162. The number of phenols is 1. The van der Waals surface area contributed by atoms with Gasteiger partial charge >= 0.3 is 0 Å². The molecule has 0 fully saturated rings. The van der Waals surface area contributed by atoms with Gasteiger partial charge in [-0.1, -0.05) is 12.1 Å². The predicted molar refractivity (Wildman–Crippen MR) is 97.3 cm³/mol. The van der Waals surface area contributed by atoms with Crippen LogP contribution >= 0.6 is 11.3 Å². The molecule has 0 aliphatic carbocycles. The molecule has 0 spiro atoms. The molecule has 0 atom stereocenters. The Kier molecular flexibility index (Phi) is 4.35. The second kappa shape index (κ2) is 6.42. The van der Waals surface area contributed by atoms with Crippen LogP contribution in [0, 0.1) is 13.8 Å². The highest BCUT2D eigenvalue weighted by Crippen LogP contribution is 2.29. The third kappa shape index (κ3) is 3.37. The lowest BCUT2D eigenvalue weighted by molar-refractivity contribution is 0.318. The smallest absolute Gasteiger partial charge is 0.161 e. The monoisotopic (exact) mass is 325 g/mol. The molecule has 3 aromatic rings. The Labute approximate surface area is 139 Å². The second-order valence-corrected chi connectivity index (χ2v) is 6.51. The molecule has 118 valence electrons. The van der Waals surface area contributed by atoms with Crippen LogP contribution in [0.5, 0.6) is 11.5 Å². The van der Waals surface area contributed by atoms with E-state index in [0.717, 1.165) is 16.1 Å². The summed E-state index contributed by atoms with van der Waals surface area (Å²) >= 11 is 1.68. The Hall–Kier alpha value is -2.33. The maximum Gasteiger partial charge on any atom is 0.161 e. The lowest BCUT2D eigenvalue weighted by Crippen LogP contribution is -1.91. The molecule has 0 amide bonds. The van der Waals surface area contributed by atoms with Gasteiger partial charge in [0, 0.05) is 0 Å². The molecule has 1 aromatic heterocycles. The molecule has 3 rings (SSSR count). The van der Waals surface area contributed by atoms with Crippen molar-refractivity contribution in [2.45, 2.75) is 20.8 Å². The van der Waals surface area contributed by atoms with E-state index in [1.54, 1.807) is 17.4 Å². The van der Waals surface area contributed by atoms with Gasteiger partial charge in [0.05, 0.1) is 16.8 Å². The van der Waals surface area contributed by atoms with Gasteiger partial charge in [0.25, 0.3) is 0 Å². The maximum absolute atomic E-state index is 9.74. The molecule has 23 heavy (non-hydrogen) atoms. The number of thiazole rings is 1. The van der Waals surface area contributed by atoms with Crippen LogP contribution in [-0.4, -0.2) is 16.7 Å². The van der Waals surface area contributed by atoms with E-state index in [-0.39, 0.29) is 5.75 Å². The molecule has 2 aromatic carbocycles. The van der Waals surface area contributed by atoms with Gasteiger partial charge in [-0.25, -0.2) is 4.98 Å². The van der Waals surface area contributed by atoms with Crippen LogP contribution in [0.15, 0.2) is 30.3 Å². The van der Waals surface area contributed by atoms with Gasteiger partial charge in [0.2, 0.25) is 0 Å². The molecule has 0 unspecified atom stereocenters. The fourth-order valence-corrected chi connectivity index (χ4v) is 3.29. The molecule has 0 aliphatic heterocycles. The van der Waals surface area contributed by atoms with E-state index in [2.05, 4.69) is 31.0 Å². The number of phenolic OH excluding ortho intramolecular Hbond substituents is 1. The molecular formula is C19H19NO2S. The number of aryl methyl sites for hydroxylation is 2. The van der Waals surface area contributed by atoms with E-state index in [0.29, 0.717) is 12.4 Å². The molecular weight excluding hydrogens is 306 g/mol. The van der Waals surface area contributed by atoms with E-state index in [9.17, 15) is 5.11 Å². The number of fused-ring (bicyclic) bond motifs is 1. The van der Waals surface area contributed by atoms with Crippen molar-refractivity contribution in [1.82, 2.24) is 4.98 Å². The van der Waals surface area contributed by atoms with Crippen LogP contribution in [-0.2, 0) is 0 Å². The first-order chi connectivity index (χ1) is 11.1. The van der Waals surface area contributed by atoms with E-state index >= 15 is 0 Å². The SMILES string of the molecule is CCOc1cc(C=Cc2nc3cc(C)c(C)cc3s2)ccc1O. The highest BCUT2D eigenvalue weighted by molar-refractivity contribution is 7.19. The Morgan fingerprint density at radius 1 is 1.13 bits per heavy atom. The minimum Gasteiger partial charge on any atom is -0.504 e. The van der Waals surface area contributed by atoms with Gasteiger partial charge in [0.15, 0.2) is 11.5 Å². The van der Waals surface area contributed by atoms with Crippen LogP contribution in [0.4, 0.5) is 0 Å². The van der Waals surface area contributed by atoms with Crippen LogP contribution in [0.1, 0.15) is 28.6 Å². The molecule has 0 aliphatic rings. The molecule has 0 saturated carbocycles. The number of aromatic hydroxyl groups is 1. The summed E-state index contributed by atoms with van der Waals surface area (Å²) in [5.41, 5.74) is 4.56. The van der Waals surface area contributed by atoms with Gasteiger partial charge in [-0.05, 0) is 67.8 Å². The van der Waals surface area contributed by atoms with E-state index in [4.69, 9.17) is 4.74 Å². The first kappa shape index (κ1) is 15.6. The van der Waals surface area contributed by atoms with Gasteiger partial charge in [-0.2, -0.15) is 0 Å². The standard InChI is InChI=1S/C19H19NO2S/c1-4-22-17-11-14(5-7-16(17)21)6-8-19-20-15-9-12(2)13(3)10-18(15)23-19/h5-11,21H,4H2,1-3H3. The maximum atomic E-state index is 9.74. The van der Waals surface area contributed by atoms with Crippen LogP contribution < -0.4 is 4.74 Å². The first-order valence-corrected chi connectivity index (χ1v) is 8.40. The van der Waals surface area contributed by atoms with Crippen molar-refractivity contribution in [3.8, 4) is 11.5 Å². The quantitative estimate of drug-likeness (QED) is 0.718. The van der Waals surface area contributed by atoms with E-state index < -0.39 is 0 Å². The third-order valence-corrected chi connectivity index (χ3v) is 4.71. The molecule has 1 N–H and O–H groups in total. The van der Waals surface area contributed by atoms with Crippen molar-refractivity contribution in [3.05, 3.63) is 52.0 Å². The Bertz CT molecular complexity index is 841. The molecule has 3 nitrogen and oxygen atoms in total. The van der Waals surface area contributed by atoms with Crippen LogP contribution in [0.25, 0.3) is 22.4 Å². The second-order valence-electron chi connectivity index (χ2n) is 5.45. The first-order valence-electron chi connectivity index (χ1n) is 7.58. The zero-order valence-electron chi connectivity index (χ0n) is 13.5. The third-order valence-electron chi connectivity index (χ3n) is 3.72. The number of ether oxygens (including phenoxy) is 1.